The molecule has 0 spiro atoms. The molecule has 0 saturated carbocycles. The third kappa shape index (κ3) is 5.65. The van der Waals surface area contributed by atoms with Gasteiger partial charge < -0.3 is 15.4 Å². The molecule has 6 heteroatoms. The zero-order valence-corrected chi connectivity index (χ0v) is 14.6. The lowest BCUT2D eigenvalue weighted by atomic mass is 9.97. The number of benzene rings is 1. The molecule has 2 N–H and O–H groups in total. The minimum Gasteiger partial charge on any atom is -0.465 e. The molecule has 0 bridgehead atoms. The summed E-state index contributed by atoms with van der Waals surface area (Å²) < 4.78 is 4.66. The van der Waals surface area contributed by atoms with Crippen LogP contribution in [0.3, 0.4) is 0 Å². The number of rotatable bonds is 7. The van der Waals surface area contributed by atoms with Crippen LogP contribution in [0.15, 0.2) is 29.8 Å². The highest BCUT2D eigenvalue weighted by Gasteiger charge is 2.11. The molecule has 0 aliphatic heterocycles. The van der Waals surface area contributed by atoms with Crippen molar-refractivity contribution in [1.29, 1.82) is 0 Å². The topological polar surface area (TPSA) is 67.4 Å². The van der Waals surface area contributed by atoms with Crippen LogP contribution in [0, 0.1) is 0 Å². The minimum absolute atomic E-state index is 0.198. The molecule has 0 radical (unpaired) electrons. The second-order valence-electron chi connectivity index (χ2n) is 5.77. The molecule has 1 aliphatic rings. The smallest absolute Gasteiger partial charge is 0.337 e. The molecule has 0 saturated heterocycles. The average molecular weight is 351 g/mol. The van der Waals surface area contributed by atoms with Crippen LogP contribution in [0.25, 0.3) is 0 Å². The summed E-state index contributed by atoms with van der Waals surface area (Å²) in [7, 11) is 1.31. The molecule has 1 aliphatic carbocycles. The summed E-state index contributed by atoms with van der Waals surface area (Å²) in [5.41, 5.74) is 2.22. The number of methoxy groups -OCH3 is 1. The van der Waals surface area contributed by atoms with E-state index in [1.807, 2.05) is 0 Å². The molecular formula is C18H23ClN2O3. The van der Waals surface area contributed by atoms with Gasteiger partial charge in [0.25, 0.3) is 0 Å². The molecule has 24 heavy (non-hydrogen) atoms. The lowest BCUT2D eigenvalue weighted by molar-refractivity contribution is -0.115. The van der Waals surface area contributed by atoms with Crippen molar-refractivity contribution in [1.82, 2.24) is 5.32 Å². The molecule has 0 atom stereocenters. The highest BCUT2D eigenvalue weighted by atomic mass is 35.5. The quantitative estimate of drug-likeness (QED) is 0.448. The van der Waals surface area contributed by atoms with E-state index in [-0.39, 0.29) is 12.5 Å². The van der Waals surface area contributed by atoms with E-state index in [9.17, 15) is 9.59 Å². The van der Waals surface area contributed by atoms with Gasteiger partial charge in [-0.2, -0.15) is 0 Å². The van der Waals surface area contributed by atoms with Gasteiger partial charge in [-0.05, 0) is 56.8 Å². The van der Waals surface area contributed by atoms with Gasteiger partial charge in [0.1, 0.15) is 0 Å². The Morgan fingerprint density at radius 2 is 2.12 bits per heavy atom. The van der Waals surface area contributed by atoms with Crippen molar-refractivity contribution < 1.29 is 14.3 Å². The second kappa shape index (κ2) is 9.45. The standard InChI is InChI=1S/C18H23ClN2O3/c1-24-18(23)14-7-8-15(19)16(11-14)21-17(22)12-20-10-9-13-5-3-2-4-6-13/h5,7-8,11,20H,2-4,6,9-10,12H2,1H3,(H,21,22). The largest absolute Gasteiger partial charge is 0.465 e. The Morgan fingerprint density at radius 3 is 2.83 bits per heavy atom. The Labute approximate surface area is 147 Å². The van der Waals surface area contributed by atoms with Crippen LogP contribution in [-0.4, -0.2) is 32.1 Å². The number of ether oxygens (including phenoxy) is 1. The summed E-state index contributed by atoms with van der Waals surface area (Å²) in [6.07, 6.45) is 8.18. The van der Waals surface area contributed by atoms with Crippen LogP contribution < -0.4 is 10.6 Å². The van der Waals surface area contributed by atoms with Crippen molar-refractivity contribution in [3.8, 4) is 0 Å². The average Bonchev–Trinajstić information content (AvgIpc) is 2.61. The Hall–Kier alpha value is -1.85. The number of allylic oxidation sites excluding steroid dienone is 1. The van der Waals surface area contributed by atoms with Gasteiger partial charge in [0.05, 0.1) is 29.9 Å². The lowest BCUT2D eigenvalue weighted by Crippen LogP contribution is -2.29. The van der Waals surface area contributed by atoms with Crippen LogP contribution in [-0.2, 0) is 9.53 Å². The molecule has 1 aromatic rings. The first-order valence-electron chi connectivity index (χ1n) is 8.16. The fourth-order valence-corrected chi connectivity index (χ4v) is 2.81. The highest BCUT2D eigenvalue weighted by Crippen LogP contribution is 2.23. The Balaban J connectivity index is 1.79. The van der Waals surface area contributed by atoms with Gasteiger partial charge in [-0.1, -0.05) is 23.3 Å². The molecule has 2 rings (SSSR count). The van der Waals surface area contributed by atoms with Crippen LogP contribution in [0.2, 0.25) is 5.02 Å². The maximum atomic E-state index is 12.0. The highest BCUT2D eigenvalue weighted by molar-refractivity contribution is 6.33. The van der Waals surface area contributed by atoms with Crippen molar-refractivity contribution in [2.24, 2.45) is 0 Å². The van der Waals surface area contributed by atoms with E-state index < -0.39 is 5.97 Å². The molecule has 5 nitrogen and oxygen atoms in total. The summed E-state index contributed by atoms with van der Waals surface area (Å²) in [6, 6.07) is 4.63. The molecular weight excluding hydrogens is 328 g/mol. The predicted molar refractivity (Wildman–Crippen MR) is 95.5 cm³/mol. The van der Waals surface area contributed by atoms with E-state index in [0.717, 1.165) is 13.0 Å². The van der Waals surface area contributed by atoms with Crippen LogP contribution in [0.4, 0.5) is 5.69 Å². The molecule has 0 unspecified atom stereocenters. The minimum atomic E-state index is -0.471. The monoisotopic (exact) mass is 350 g/mol. The van der Waals surface area contributed by atoms with Crippen molar-refractivity contribution in [2.75, 3.05) is 25.5 Å². The van der Waals surface area contributed by atoms with E-state index in [1.165, 1.54) is 44.4 Å². The molecule has 1 amide bonds. The summed E-state index contributed by atoms with van der Waals surface area (Å²) in [5, 5.41) is 6.22. The third-order valence-electron chi connectivity index (χ3n) is 3.96. The number of anilines is 1. The first-order chi connectivity index (χ1) is 11.6. The summed E-state index contributed by atoms with van der Waals surface area (Å²) in [4.78, 5) is 23.5. The first kappa shape index (κ1) is 18.5. The maximum absolute atomic E-state index is 12.0. The summed E-state index contributed by atoms with van der Waals surface area (Å²) >= 11 is 6.06. The zero-order valence-electron chi connectivity index (χ0n) is 13.9. The van der Waals surface area contributed by atoms with E-state index in [4.69, 9.17) is 11.6 Å². The fourth-order valence-electron chi connectivity index (χ4n) is 2.64. The van der Waals surface area contributed by atoms with Crippen molar-refractivity contribution in [2.45, 2.75) is 32.1 Å². The van der Waals surface area contributed by atoms with Gasteiger partial charge in [0, 0.05) is 0 Å². The predicted octanol–water partition coefficient (Wildman–Crippen LogP) is 3.55. The van der Waals surface area contributed by atoms with Gasteiger partial charge >= 0.3 is 5.97 Å². The molecule has 1 aromatic carbocycles. The molecule has 0 aromatic heterocycles. The number of esters is 1. The number of hydrogen-bond donors (Lipinski definition) is 2. The summed E-state index contributed by atoms with van der Waals surface area (Å²) in [6.45, 7) is 0.973. The van der Waals surface area contributed by atoms with E-state index in [1.54, 1.807) is 12.1 Å². The number of halogens is 1. The lowest BCUT2D eigenvalue weighted by Gasteiger charge is -2.13. The van der Waals surface area contributed by atoms with E-state index in [2.05, 4.69) is 21.4 Å². The van der Waals surface area contributed by atoms with E-state index >= 15 is 0 Å². The first-order valence-corrected chi connectivity index (χ1v) is 8.54. The number of hydrogen-bond acceptors (Lipinski definition) is 4. The third-order valence-corrected chi connectivity index (χ3v) is 4.28. The van der Waals surface area contributed by atoms with Gasteiger partial charge in [-0.25, -0.2) is 4.79 Å². The maximum Gasteiger partial charge on any atom is 0.337 e. The summed E-state index contributed by atoms with van der Waals surface area (Å²) in [5.74, 6) is -0.669. The van der Waals surface area contributed by atoms with Crippen LogP contribution in [0.5, 0.6) is 0 Å². The van der Waals surface area contributed by atoms with Crippen molar-refractivity contribution in [3.63, 3.8) is 0 Å². The number of carbonyl (C=O) groups is 2. The zero-order chi connectivity index (χ0) is 17.4. The van der Waals surface area contributed by atoms with Gasteiger partial charge in [-0.15, -0.1) is 0 Å². The SMILES string of the molecule is COC(=O)c1ccc(Cl)c(NC(=O)CNCCC2=CCCCC2)c1. The van der Waals surface area contributed by atoms with Crippen molar-refractivity contribution >= 4 is 29.2 Å². The van der Waals surface area contributed by atoms with Crippen LogP contribution in [0.1, 0.15) is 42.5 Å². The number of carbonyl (C=O) groups excluding carboxylic acids is 2. The van der Waals surface area contributed by atoms with Gasteiger partial charge in [-0.3, -0.25) is 4.79 Å². The van der Waals surface area contributed by atoms with E-state index in [0.29, 0.717) is 16.3 Å². The number of amides is 1. The molecule has 0 heterocycles. The molecule has 0 fully saturated rings. The number of nitrogens with one attached hydrogen (secondary N) is 2. The fraction of sp³-hybridized carbons (Fsp3) is 0.444. The Bertz CT molecular complexity index is 629. The van der Waals surface area contributed by atoms with Gasteiger partial charge in [0.2, 0.25) is 5.91 Å². The second-order valence-corrected chi connectivity index (χ2v) is 6.18. The van der Waals surface area contributed by atoms with Crippen molar-refractivity contribution in [3.05, 3.63) is 40.4 Å². The normalized spacial score (nSPS) is 14.0. The Kier molecular flexibility index (Phi) is 7.28. The van der Waals surface area contributed by atoms with Crippen LogP contribution >= 0.6 is 11.6 Å². The molecule has 130 valence electrons. The van der Waals surface area contributed by atoms with Gasteiger partial charge in [0.15, 0.2) is 0 Å². The Morgan fingerprint density at radius 1 is 1.29 bits per heavy atom.